The average molecular weight is 373 g/mol. The maximum absolute atomic E-state index is 6.14. The van der Waals surface area contributed by atoms with Crippen molar-refractivity contribution in [2.24, 2.45) is 0 Å². The summed E-state index contributed by atoms with van der Waals surface area (Å²) < 4.78 is 0.900. The molecule has 1 N–H and O–H groups in total. The van der Waals surface area contributed by atoms with Crippen molar-refractivity contribution in [1.29, 1.82) is 0 Å². The Morgan fingerprint density at radius 1 is 1.10 bits per heavy atom. The predicted octanol–water partition coefficient (Wildman–Crippen LogP) is 6.71. The summed E-state index contributed by atoms with van der Waals surface area (Å²) in [7, 11) is 0. The molecule has 0 radical (unpaired) electrons. The smallest absolute Gasteiger partial charge is 0.0593 e. The third-order valence-electron chi connectivity index (χ3n) is 3.13. The predicted molar refractivity (Wildman–Crippen MR) is 91.9 cm³/mol. The van der Waals surface area contributed by atoms with Gasteiger partial charge in [0, 0.05) is 5.02 Å². The van der Waals surface area contributed by atoms with Crippen LogP contribution in [0.3, 0.4) is 0 Å². The van der Waals surface area contributed by atoms with Crippen molar-refractivity contribution >= 4 is 44.8 Å². The molecule has 0 bridgehead atoms. The van der Waals surface area contributed by atoms with Crippen LogP contribution in [0.25, 0.3) is 0 Å². The van der Waals surface area contributed by atoms with Crippen LogP contribution in [0.15, 0.2) is 46.9 Å². The van der Waals surface area contributed by atoms with Crippen molar-refractivity contribution in [3.05, 3.63) is 62.5 Å². The Balaban J connectivity index is 2.25. The van der Waals surface area contributed by atoms with E-state index < -0.39 is 0 Å². The van der Waals surface area contributed by atoms with E-state index in [1.54, 1.807) is 0 Å². The molecule has 0 amide bonds. The maximum atomic E-state index is 6.14. The van der Waals surface area contributed by atoms with Gasteiger partial charge in [-0.15, -0.1) is 0 Å². The molecular weight excluding hydrogens is 357 g/mol. The topological polar surface area (TPSA) is 12.0 Å². The van der Waals surface area contributed by atoms with Crippen molar-refractivity contribution in [1.82, 2.24) is 0 Å². The number of hydrogen-bond acceptors (Lipinski definition) is 1. The number of rotatable bonds is 5. The van der Waals surface area contributed by atoms with Gasteiger partial charge in [0.1, 0.15) is 0 Å². The summed E-state index contributed by atoms with van der Waals surface area (Å²) in [6, 6.07) is 14.1. The van der Waals surface area contributed by atoms with E-state index >= 15 is 0 Å². The van der Waals surface area contributed by atoms with Crippen LogP contribution in [0.4, 0.5) is 5.69 Å². The molecule has 1 nitrogen and oxygen atoms in total. The van der Waals surface area contributed by atoms with Crippen molar-refractivity contribution in [3.8, 4) is 0 Å². The van der Waals surface area contributed by atoms with Crippen LogP contribution >= 0.6 is 39.1 Å². The van der Waals surface area contributed by atoms with E-state index in [0.717, 1.165) is 28.0 Å². The lowest BCUT2D eigenvalue weighted by Crippen LogP contribution is -2.11. The van der Waals surface area contributed by atoms with Gasteiger partial charge in [0.25, 0.3) is 0 Å². The molecule has 0 saturated heterocycles. The molecule has 2 rings (SSSR count). The molecule has 0 fully saturated rings. The highest BCUT2D eigenvalue weighted by molar-refractivity contribution is 9.10. The van der Waals surface area contributed by atoms with Crippen LogP contribution in [0.1, 0.15) is 31.4 Å². The quantitative estimate of drug-likeness (QED) is 0.614. The Kier molecular flexibility index (Phi) is 5.76. The molecule has 0 heterocycles. The highest BCUT2D eigenvalue weighted by Gasteiger charge is 2.13. The molecule has 2 aromatic rings. The van der Waals surface area contributed by atoms with Gasteiger partial charge in [0.05, 0.1) is 21.2 Å². The van der Waals surface area contributed by atoms with Crippen LogP contribution < -0.4 is 5.32 Å². The van der Waals surface area contributed by atoms with Gasteiger partial charge in [-0.25, -0.2) is 0 Å². The van der Waals surface area contributed by atoms with Crippen molar-refractivity contribution in [2.75, 3.05) is 5.32 Å². The van der Waals surface area contributed by atoms with E-state index in [4.69, 9.17) is 23.2 Å². The fourth-order valence-electron chi connectivity index (χ4n) is 2.11. The molecule has 20 heavy (non-hydrogen) atoms. The van der Waals surface area contributed by atoms with Gasteiger partial charge in [-0.3, -0.25) is 0 Å². The number of benzene rings is 2. The SMILES string of the molecule is CCCC(Nc1cccc(Cl)c1Br)c1ccc(Cl)cc1. The Morgan fingerprint density at radius 2 is 1.80 bits per heavy atom. The Hall–Kier alpha value is -0.700. The molecule has 0 spiro atoms. The molecule has 0 saturated carbocycles. The van der Waals surface area contributed by atoms with Gasteiger partial charge in [0.15, 0.2) is 0 Å². The summed E-state index contributed by atoms with van der Waals surface area (Å²) in [5.41, 5.74) is 2.23. The first kappa shape index (κ1) is 15.7. The first-order valence-electron chi connectivity index (χ1n) is 6.58. The molecule has 106 valence electrons. The molecule has 1 unspecified atom stereocenters. The summed E-state index contributed by atoms with van der Waals surface area (Å²) >= 11 is 15.6. The van der Waals surface area contributed by atoms with Crippen LogP contribution in [0.2, 0.25) is 10.0 Å². The summed E-state index contributed by atoms with van der Waals surface area (Å²) in [5, 5.41) is 5.02. The first-order chi connectivity index (χ1) is 9.61. The number of nitrogens with one attached hydrogen (secondary N) is 1. The third kappa shape index (κ3) is 3.91. The van der Waals surface area contributed by atoms with Gasteiger partial charge in [0.2, 0.25) is 0 Å². The van der Waals surface area contributed by atoms with Crippen LogP contribution in [-0.2, 0) is 0 Å². The van der Waals surface area contributed by atoms with Crippen LogP contribution in [0.5, 0.6) is 0 Å². The summed E-state index contributed by atoms with van der Waals surface area (Å²) in [6.07, 6.45) is 2.14. The highest BCUT2D eigenvalue weighted by Crippen LogP contribution is 2.33. The molecule has 1 atom stereocenters. The van der Waals surface area contributed by atoms with Gasteiger partial charge in [-0.1, -0.05) is 54.7 Å². The van der Waals surface area contributed by atoms with E-state index in [2.05, 4.69) is 40.3 Å². The van der Waals surface area contributed by atoms with E-state index in [1.807, 2.05) is 30.3 Å². The van der Waals surface area contributed by atoms with Crippen molar-refractivity contribution in [2.45, 2.75) is 25.8 Å². The van der Waals surface area contributed by atoms with Crippen molar-refractivity contribution < 1.29 is 0 Å². The zero-order valence-electron chi connectivity index (χ0n) is 11.2. The highest BCUT2D eigenvalue weighted by atomic mass is 79.9. The second kappa shape index (κ2) is 7.35. The third-order valence-corrected chi connectivity index (χ3v) is 4.78. The summed E-state index contributed by atoms with van der Waals surface area (Å²) in [6.45, 7) is 2.18. The van der Waals surface area contributed by atoms with Gasteiger partial charge < -0.3 is 5.32 Å². The Bertz CT molecular complexity index is 569. The normalized spacial score (nSPS) is 12.2. The lowest BCUT2D eigenvalue weighted by atomic mass is 10.0. The van der Waals surface area contributed by atoms with Gasteiger partial charge in [-0.05, 0) is 52.2 Å². The molecular formula is C16H16BrCl2N. The van der Waals surface area contributed by atoms with Crippen LogP contribution in [-0.4, -0.2) is 0 Å². The Labute approximate surface area is 138 Å². The first-order valence-corrected chi connectivity index (χ1v) is 8.12. The van der Waals surface area contributed by atoms with E-state index in [0.29, 0.717) is 5.02 Å². The van der Waals surface area contributed by atoms with Gasteiger partial charge in [-0.2, -0.15) is 0 Å². The van der Waals surface area contributed by atoms with Crippen LogP contribution in [0, 0.1) is 0 Å². The van der Waals surface area contributed by atoms with E-state index in [9.17, 15) is 0 Å². The molecule has 0 aliphatic carbocycles. The van der Waals surface area contributed by atoms with Gasteiger partial charge >= 0.3 is 0 Å². The molecule has 0 aromatic heterocycles. The number of hydrogen-bond donors (Lipinski definition) is 1. The molecule has 2 aromatic carbocycles. The summed E-state index contributed by atoms with van der Waals surface area (Å²) in [4.78, 5) is 0. The number of halogens is 3. The minimum atomic E-state index is 0.243. The monoisotopic (exact) mass is 371 g/mol. The maximum Gasteiger partial charge on any atom is 0.0593 e. The fraction of sp³-hybridized carbons (Fsp3) is 0.250. The number of anilines is 1. The second-order valence-electron chi connectivity index (χ2n) is 4.64. The molecule has 0 aliphatic heterocycles. The lowest BCUT2D eigenvalue weighted by Gasteiger charge is -2.21. The average Bonchev–Trinajstić information content (AvgIpc) is 2.44. The lowest BCUT2D eigenvalue weighted by molar-refractivity contribution is 0.677. The minimum absolute atomic E-state index is 0.243. The van der Waals surface area contributed by atoms with Crippen molar-refractivity contribution in [3.63, 3.8) is 0 Å². The molecule has 0 aliphatic rings. The molecule has 4 heteroatoms. The van der Waals surface area contributed by atoms with E-state index in [1.165, 1.54) is 5.56 Å². The minimum Gasteiger partial charge on any atom is -0.377 e. The largest absolute Gasteiger partial charge is 0.377 e. The van der Waals surface area contributed by atoms with E-state index in [-0.39, 0.29) is 6.04 Å². The zero-order valence-corrected chi connectivity index (χ0v) is 14.3. The fourth-order valence-corrected chi connectivity index (χ4v) is 2.79. The second-order valence-corrected chi connectivity index (χ2v) is 6.28. The standard InChI is InChI=1S/C16H16BrCl2N/c1-2-4-14(11-7-9-12(18)10-8-11)20-15-6-3-5-13(19)16(15)17/h3,5-10,14,20H,2,4H2,1H3. The zero-order chi connectivity index (χ0) is 14.5. The Morgan fingerprint density at radius 3 is 2.45 bits per heavy atom. The summed E-state index contributed by atoms with van der Waals surface area (Å²) in [5.74, 6) is 0.